The second-order valence-corrected chi connectivity index (χ2v) is 6.75. The van der Waals surface area contributed by atoms with Crippen LogP contribution in [0.25, 0.3) is 0 Å². The number of benzene rings is 2. The van der Waals surface area contributed by atoms with Crippen LogP contribution in [0.5, 0.6) is 5.75 Å². The van der Waals surface area contributed by atoms with Crippen molar-refractivity contribution in [3.63, 3.8) is 0 Å². The molecule has 0 spiro atoms. The first-order valence-electron chi connectivity index (χ1n) is 8.32. The van der Waals surface area contributed by atoms with Crippen molar-refractivity contribution in [2.24, 2.45) is 0 Å². The zero-order valence-electron chi connectivity index (χ0n) is 15.3. The molecule has 1 amide bonds. The van der Waals surface area contributed by atoms with Gasteiger partial charge in [0.15, 0.2) is 0 Å². The van der Waals surface area contributed by atoms with Gasteiger partial charge in [-0.1, -0.05) is 30.3 Å². The maximum Gasteiger partial charge on any atom is 0.225 e. The summed E-state index contributed by atoms with van der Waals surface area (Å²) < 4.78 is 5.44. The molecule has 1 N–H and O–H groups in total. The molecule has 2 aromatic carbocycles. The third-order valence-corrected chi connectivity index (χ3v) is 5.12. The number of rotatable bonds is 8. The topological polar surface area (TPSA) is 41.6 Å². The van der Waals surface area contributed by atoms with E-state index in [4.69, 9.17) is 4.74 Å². The Kier molecular flexibility index (Phi) is 7.34. The summed E-state index contributed by atoms with van der Waals surface area (Å²) in [5, 5.41) is 3.01. The number of para-hydroxylation sites is 2. The quantitative estimate of drug-likeness (QED) is 0.709. The Balaban J connectivity index is 1.92. The van der Waals surface area contributed by atoms with E-state index in [1.54, 1.807) is 18.9 Å². The average molecular weight is 359 g/mol. The molecule has 2 aromatic rings. The second-order valence-electron chi connectivity index (χ2n) is 5.90. The number of nitrogens with one attached hydrogen (secondary N) is 1. The Hall–Kier alpha value is -1.98. The van der Waals surface area contributed by atoms with Gasteiger partial charge < -0.3 is 10.1 Å². The molecule has 1 unspecified atom stereocenters. The van der Waals surface area contributed by atoms with Gasteiger partial charge in [0.25, 0.3) is 0 Å². The number of hydrogen-bond acceptors (Lipinski definition) is 4. The van der Waals surface area contributed by atoms with Gasteiger partial charge in [-0.15, -0.1) is 11.8 Å². The van der Waals surface area contributed by atoms with Crippen molar-refractivity contribution < 1.29 is 9.53 Å². The Labute approximate surface area is 154 Å². The lowest BCUT2D eigenvalue weighted by molar-refractivity contribution is -0.116. The molecule has 2 rings (SSSR count). The smallest absolute Gasteiger partial charge is 0.225 e. The lowest BCUT2D eigenvalue weighted by Gasteiger charge is -2.26. The molecule has 0 heterocycles. The number of methoxy groups -OCH3 is 1. The van der Waals surface area contributed by atoms with E-state index in [2.05, 4.69) is 23.2 Å². The fraction of sp³-hybridized carbons (Fsp3) is 0.350. The van der Waals surface area contributed by atoms with Crippen LogP contribution in [0, 0.1) is 0 Å². The largest absolute Gasteiger partial charge is 0.496 e. The predicted molar refractivity (Wildman–Crippen MR) is 106 cm³/mol. The molecule has 0 aromatic heterocycles. The SMILES string of the molecule is COc1ccccc1C(C)N(C)CCC(=O)Nc1ccccc1SC. The maximum atomic E-state index is 12.3. The van der Waals surface area contributed by atoms with Gasteiger partial charge in [-0.25, -0.2) is 0 Å². The minimum absolute atomic E-state index is 0.0283. The Bertz CT molecular complexity index is 706. The van der Waals surface area contributed by atoms with Crippen LogP contribution in [0.2, 0.25) is 0 Å². The summed E-state index contributed by atoms with van der Waals surface area (Å²) >= 11 is 1.63. The van der Waals surface area contributed by atoms with Crippen molar-refractivity contribution >= 4 is 23.4 Å². The number of amides is 1. The van der Waals surface area contributed by atoms with Gasteiger partial charge in [-0.2, -0.15) is 0 Å². The molecule has 25 heavy (non-hydrogen) atoms. The van der Waals surface area contributed by atoms with E-state index in [0.29, 0.717) is 13.0 Å². The van der Waals surface area contributed by atoms with Gasteiger partial charge in [0.05, 0.1) is 12.8 Å². The lowest BCUT2D eigenvalue weighted by atomic mass is 10.1. The normalized spacial score (nSPS) is 12.0. The van der Waals surface area contributed by atoms with Crippen LogP contribution in [-0.4, -0.2) is 37.8 Å². The summed E-state index contributed by atoms with van der Waals surface area (Å²) in [5.41, 5.74) is 2.00. The highest BCUT2D eigenvalue weighted by Gasteiger charge is 2.16. The number of carbonyl (C=O) groups excluding carboxylic acids is 1. The first-order valence-corrected chi connectivity index (χ1v) is 9.55. The number of thioether (sulfide) groups is 1. The fourth-order valence-corrected chi connectivity index (χ4v) is 3.23. The molecule has 0 saturated heterocycles. The molecule has 0 saturated carbocycles. The van der Waals surface area contributed by atoms with Crippen molar-refractivity contribution in [1.82, 2.24) is 4.90 Å². The number of hydrogen-bond donors (Lipinski definition) is 1. The van der Waals surface area contributed by atoms with E-state index in [9.17, 15) is 4.79 Å². The third kappa shape index (κ3) is 5.25. The predicted octanol–water partition coefficient (Wildman–Crippen LogP) is 4.44. The maximum absolute atomic E-state index is 12.3. The molecule has 0 radical (unpaired) electrons. The van der Waals surface area contributed by atoms with E-state index in [0.717, 1.165) is 21.9 Å². The molecule has 1 atom stereocenters. The molecular weight excluding hydrogens is 332 g/mol. The van der Waals surface area contributed by atoms with E-state index in [1.165, 1.54) is 0 Å². The van der Waals surface area contributed by atoms with Gasteiger partial charge >= 0.3 is 0 Å². The molecular formula is C20H26N2O2S. The van der Waals surface area contributed by atoms with Crippen LogP contribution >= 0.6 is 11.8 Å². The van der Waals surface area contributed by atoms with E-state index < -0.39 is 0 Å². The van der Waals surface area contributed by atoms with Crippen LogP contribution in [0.4, 0.5) is 5.69 Å². The van der Waals surface area contributed by atoms with Crippen molar-refractivity contribution in [1.29, 1.82) is 0 Å². The number of carbonyl (C=O) groups is 1. The molecule has 0 aliphatic carbocycles. The standard InChI is InChI=1S/C20H26N2O2S/c1-15(16-9-5-7-11-18(16)24-3)22(2)14-13-20(23)21-17-10-6-8-12-19(17)25-4/h5-12,15H,13-14H2,1-4H3,(H,21,23). The summed E-state index contributed by atoms with van der Waals surface area (Å²) in [4.78, 5) is 15.5. The van der Waals surface area contributed by atoms with Gasteiger partial charge in [0, 0.05) is 29.5 Å². The highest BCUT2D eigenvalue weighted by atomic mass is 32.2. The van der Waals surface area contributed by atoms with Gasteiger partial charge in [0.2, 0.25) is 5.91 Å². The van der Waals surface area contributed by atoms with Crippen LogP contribution < -0.4 is 10.1 Å². The number of ether oxygens (including phenoxy) is 1. The molecule has 134 valence electrons. The minimum atomic E-state index is 0.0283. The van der Waals surface area contributed by atoms with E-state index in [-0.39, 0.29) is 11.9 Å². The van der Waals surface area contributed by atoms with E-state index >= 15 is 0 Å². The molecule has 0 aliphatic heterocycles. The zero-order chi connectivity index (χ0) is 18.2. The third-order valence-electron chi connectivity index (χ3n) is 4.32. The van der Waals surface area contributed by atoms with Crippen molar-refractivity contribution in [2.75, 3.05) is 32.3 Å². The van der Waals surface area contributed by atoms with Crippen LogP contribution in [0.1, 0.15) is 24.9 Å². The van der Waals surface area contributed by atoms with Gasteiger partial charge in [-0.3, -0.25) is 9.69 Å². The Morgan fingerprint density at radius 1 is 1.20 bits per heavy atom. The molecule has 0 aliphatic rings. The highest BCUT2D eigenvalue weighted by molar-refractivity contribution is 7.98. The van der Waals surface area contributed by atoms with Crippen LogP contribution in [-0.2, 0) is 4.79 Å². The monoisotopic (exact) mass is 358 g/mol. The number of anilines is 1. The van der Waals surface area contributed by atoms with E-state index in [1.807, 2.05) is 55.8 Å². The van der Waals surface area contributed by atoms with Crippen LogP contribution in [0.3, 0.4) is 0 Å². The summed E-state index contributed by atoms with van der Waals surface area (Å²) in [5.74, 6) is 0.903. The molecule has 0 bridgehead atoms. The minimum Gasteiger partial charge on any atom is -0.496 e. The summed E-state index contributed by atoms with van der Waals surface area (Å²) in [6.07, 6.45) is 2.45. The van der Waals surface area contributed by atoms with Gasteiger partial charge in [0.1, 0.15) is 5.75 Å². The van der Waals surface area contributed by atoms with Crippen molar-refractivity contribution in [3.05, 3.63) is 54.1 Å². The molecule has 5 heteroatoms. The van der Waals surface area contributed by atoms with Crippen molar-refractivity contribution in [3.8, 4) is 5.75 Å². The fourth-order valence-electron chi connectivity index (χ4n) is 2.68. The first kappa shape index (κ1) is 19.3. The van der Waals surface area contributed by atoms with Crippen molar-refractivity contribution in [2.45, 2.75) is 24.3 Å². The zero-order valence-corrected chi connectivity index (χ0v) is 16.1. The highest BCUT2D eigenvalue weighted by Crippen LogP contribution is 2.28. The summed E-state index contributed by atoms with van der Waals surface area (Å²) in [6.45, 7) is 2.80. The number of nitrogens with zero attached hydrogens (tertiary/aromatic N) is 1. The molecule has 0 fully saturated rings. The first-order chi connectivity index (χ1) is 12.1. The Morgan fingerprint density at radius 2 is 1.88 bits per heavy atom. The summed E-state index contributed by atoms with van der Waals surface area (Å²) in [6, 6.07) is 16.0. The lowest BCUT2D eigenvalue weighted by Crippen LogP contribution is -2.27. The second kappa shape index (κ2) is 9.49. The average Bonchev–Trinajstić information content (AvgIpc) is 2.65. The molecule has 4 nitrogen and oxygen atoms in total. The Morgan fingerprint density at radius 3 is 2.60 bits per heavy atom. The van der Waals surface area contributed by atoms with Gasteiger partial charge in [-0.05, 0) is 38.4 Å². The summed E-state index contributed by atoms with van der Waals surface area (Å²) in [7, 11) is 3.71. The van der Waals surface area contributed by atoms with Crippen LogP contribution in [0.15, 0.2) is 53.4 Å².